The van der Waals surface area contributed by atoms with Crippen LogP contribution in [0.4, 0.5) is 5.69 Å². The molecule has 2 heterocycles. The molecule has 0 radical (unpaired) electrons. The molecule has 1 aromatic heterocycles. The van der Waals surface area contributed by atoms with Gasteiger partial charge in [-0.25, -0.2) is 4.98 Å². The number of benzene rings is 4. The molecule has 0 aliphatic carbocycles. The Kier molecular flexibility index (Phi) is 6.92. The van der Waals surface area contributed by atoms with E-state index in [1.807, 2.05) is 41.6 Å². The molecule has 0 bridgehead atoms. The average Bonchev–Trinajstić information content (AvgIpc) is 3.48. The lowest BCUT2D eigenvalue weighted by atomic mass is 9.77. The number of aromatic nitrogens is 2. The van der Waals surface area contributed by atoms with E-state index in [0.717, 1.165) is 41.0 Å². The van der Waals surface area contributed by atoms with Crippen LogP contribution in [0.5, 0.6) is 0 Å². The van der Waals surface area contributed by atoms with Crippen LogP contribution in [-0.4, -0.2) is 22.0 Å². The van der Waals surface area contributed by atoms with Gasteiger partial charge in [-0.15, -0.1) is 0 Å². The van der Waals surface area contributed by atoms with Gasteiger partial charge in [0.15, 0.2) is 0 Å². The Morgan fingerprint density at radius 2 is 1.23 bits per heavy atom. The van der Waals surface area contributed by atoms with Gasteiger partial charge in [-0.1, -0.05) is 115 Å². The standard InChI is InChI=1S/C35H31N3O/c39-34-25-28(23-24-38(34)33-19-11-4-12-20-33)21-22-32-26-37(27-36-32)35(29-13-5-1-6-14-29,30-15-7-2-8-16-30)31-17-9-3-10-18-31/h1-22,26-28H,23-25H2. The van der Waals surface area contributed by atoms with Crippen LogP contribution in [0.25, 0.3) is 6.08 Å². The Balaban J connectivity index is 1.33. The number of hydrogen-bond donors (Lipinski definition) is 0. The predicted molar refractivity (Wildman–Crippen MR) is 157 cm³/mol. The Bertz CT molecular complexity index is 1450. The highest BCUT2D eigenvalue weighted by Crippen LogP contribution is 2.40. The van der Waals surface area contributed by atoms with E-state index in [1.54, 1.807) is 0 Å². The van der Waals surface area contributed by atoms with Crippen molar-refractivity contribution in [3.63, 3.8) is 0 Å². The maximum atomic E-state index is 12.9. The second-order valence-corrected chi connectivity index (χ2v) is 10.0. The number of piperidine rings is 1. The third-order valence-electron chi connectivity index (χ3n) is 7.63. The minimum atomic E-state index is -0.583. The van der Waals surface area contributed by atoms with E-state index in [0.29, 0.717) is 6.42 Å². The van der Waals surface area contributed by atoms with Gasteiger partial charge in [-0.05, 0) is 47.2 Å². The van der Waals surface area contributed by atoms with Gasteiger partial charge in [0, 0.05) is 24.8 Å². The molecule has 6 rings (SSSR count). The zero-order valence-corrected chi connectivity index (χ0v) is 21.8. The highest BCUT2D eigenvalue weighted by Gasteiger charge is 2.38. The molecule has 1 saturated heterocycles. The van der Waals surface area contributed by atoms with Crippen LogP contribution in [0.15, 0.2) is 140 Å². The monoisotopic (exact) mass is 509 g/mol. The number of para-hydroxylation sites is 1. The highest BCUT2D eigenvalue weighted by atomic mass is 16.2. The van der Waals surface area contributed by atoms with Gasteiger partial charge < -0.3 is 9.47 Å². The number of nitrogens with zero attached hydrogens (tertiary/aromatic N) is 3. The van der Waals surface area contributed by atoms with E-state index < -0.39 is 5.54 Å². The van der Waals surface area contributed by atoms with Crippen LogP contribution >= 0.6 is 0 Å². The van der Waals surface area contributed by atoms with Gasteiger partial charge in [0.1, 0.15) is 5.54 Å². The molecule has 0 saturated carbocycles. The van der Waals surface area contributed by atoms with E-state index in [-0.39, 0.29) is 11.8 Å². The van der Waals surface area contributed by atoms with Crippen LogP contribution in [0.1, 0.15) is 35.2 Å². The summed E-state index contributed by atoms with van der Waals surface area (Å²) < 4.78 is 2.22. The van der Waals surface area contributed by atoms with Gasteiger partial charge in [0.25, 0.3) is 0 Å². The Morgan fingerprint density at radius 3 is 1.74 bits per heavy atom. The Morgan fingerprint density at radius 1 is 0.718 bits per heavy atom. The zero-order chi connectivity index (χ0) is 26.5. The quantitative estimate of drug-likeness (QED) is 0.218. The first-order chi connectivity index (χ1) is 19.2. The van der Waals surface area contributed by atoms with E-state index in [1.165, 1.54) is 0 Å². The molecule has 4 aromatic carbocycles. The van der Waals surface area contributed by atoms with Crippen molar-refractivity contribution in [3.8, 4) is 0 Å². The normalized spacial score (nSPS) is 16.1. The summed E-state index contributed by atoms with van der Waals surface area (Å²) >= 11 is 0. The molecule has 1 fully saturated rings. The van der Waals surface area contributed by atoms with Gasteiger partial charge >= 0.3 is 0 Å². The molecular formula is C35H31N3O. The lowest BCUT2D eigenvalue weighted by Crippen LogP contribution is -2.38. The predicted octanol–water partition coefficient (Wildman–Crippen LogP) is 7.18. The molecule has 1 atom stereocenters. The smallest absolute Gasteiger partial charge is 0.227 e. The van der Waals surface area contributed by atoms with E-state index in [9.17, 15) is 4.79 Å². The summed E-state index contributed by atoms with van der Waals surface area (Å²) in [4.78, 5) is 19.6. The number of amides is 1. The summed E-state index contributed by atoms with van der Waals surface area (Å²) in [6.07, 6.45) is 9.70. The van der Waals surface area contributed by atoms with Crippen molar-refractivity contribution >= 4 is 17.7 Å². The molecule has 4 nitrogen and oxygen atoms in total. The Labute approximate surface area is 229 Å². The Hall–Kier alpha value is -4.70. The van der Waals surface area contributed by atoms with Gasteiger partial charge in [-0.2, -0.15) is 0 Å². The van der Waals surface area contributed by atoms with Gasteiger partial charge in [0.2, 0.25) is 5.91 Å². The fraction of sp³-hybridized carbons (Fsp3) is 0.143. The van der Waals surface area contributed by atoms with Crippen molar-refractivity contribution in [2.45, 2.75) is 18.4 Å². The molecule has 5 aromatic rings. The molecule has 192 valence electrons. The van der Waals surface area contributed by atoms with E-state index in [4.69, 9.17) is 4.98 Å². The second kappa shape index (κ2) is 11.0. The second-order valence-electron chi connectivity index (χ2n) is 10.0. The average molecular weight is 510 g/mol. The van der Waals surface area contributed by atoms with Crippen molar-refractivity contribution in [2.24, 2.45) is 5.92 Å². The topological polar surface area (TPSA) is 38.1 Å². The number of imidazole rings is 1. The molecule has 1 aliphatic heterocycles. The number of allylic oxidation sites excluding steroid dienone is 1. The molecule has 1 unspecified atom stereocenters. The van der Waals surface area contributed by atoms with Crippen molar-refractivity contribution in [1.82, 2.24) is 9.55 Å². The number of hydrogen-bond acceptors (Lipinski definition) is 2. The summed E-state index contributed by atoms with van der Waals surface area (Å²) in [6, 6.07) is 41.7. The summed E-state index contributed by atoms with van der Waals surface area (Å²) in [5, 5.41) is 0. The summed E-state index contributed by atoms with van der Waals surface area (Å²) in [7, 11) is 0. The maximum absolute atomic E-state index is 12.9. The molecule has 1 aliphatic rings. The van der Waals surface area contributed by atoms with Crippen molar-refractivity contribution in [3.05, 3.63) is 162 Å². The highest BCUT2D eigenvalue weighted by molar-refractivity contribution is 5.94. The van der Waals surface area contributed by atoms with Gasteiger partial charge in [0.05, 0.1) is 12.0 Å². The first kappa shape index (κ1) is 24.6. The van der Waals surface area contributed by atoms with Crippen molar-refractivity contribution < 1.29 is 4.79 Å². The first-order valence-electron chi connectivity index (χ1n) is 13.5. The molecule has 0 N–H and O–H groups in total. The van der Waals surface area contributed by atoms with Crippen molar-refractivity contribution in [2.75, 3.05) is 11.4 Å². The molecule has 4 heteroatoms. The minimum Gasteiger partial charge on any atom is -0.318 e. The first-order valence-corrected chi connectivity index (χ1v) is 13.5. The maximum Gasteiger partial charge on any atom is 0.227 e. The van der Waals surface area contributed by atoms with Crippen LogP contribution in [0.2, 0.25) is 0 Å². The molecule has 0 spiro atoms. The minimum absolute atomic E-state index is 0.170. The van der Waals surface area contributed by atoms with Crippen LogP contribution < -0.4 is 4.90 Å². The summed E-state index contributed by atoms with van der Waals surface area (Å²) in [5.74, 6) is 0.369. The third kappa shape index (κ3) is 4.82. The summed E-state index contributed by atoms with van der Waals surface area (Å²) in [6.45, 7) is 0.728. The van der Waals surface area contributed by atoms with Crippen LogP contribution in [-0.2, 0) is 10.3 Å². The summed E-state index contributed by atoms with van der Waals surface area (Å²) in [5.41, 5.74) is 4.75. The number of carbonyl (C=O) groups is 1. The lowest BCUT2D eigenvalue weighted by molar-refractivity contribution is -0.120. The number of rotatable bonds is 7. The molecule has 1 amide bonds. The van der Waals surface area contributed by atoms with Crippen LogP contribution in [0, 0.1) is 5.92 Å². The van der Waals surface area contributed by atoms with Gasteiger partial charge in [-0.3, -0.25) is 4.79 Å². The van der Waals surface area contributed by atoms with Crippen LogP contribution in [0.3, 0.4) is 0 Å². The van der Waals surface area contributed by atoms with Crippen molar-refractivity contribution in [1.29, 1.82) is 0 Å². The largest absolute Gasteiger partial charge is 0.318 e. The fourth-order valence-electron chi connectivity index (χ4n) is 5.73. The zero-order valence-electron chi connectivity index (χ0n) is 21.8. The lowest BCUT2D eigenvalue weighted by Gasteiger charge is -2.37. The number of carbonyl (C=O) groups excluding carboxylic acids is 1. The third-order valence-corrected chi connectivity index (χ3v) is 7.63. The number of anilines is 1. The fourth-order valence-corrected chi connectivity index (χ4v) is 5.73. The molecule has 39 heavy (non-hydrogen) atoms. The molecular weight excluding hydrogens is 478 g/mol. The van der Waals surface area contributed by atoms with E-state index in [2.05, 4.69) is 114 Å². The SMILES string of the molecule is O=C1CC(C=Cc2cn(C(c3ccccc3)(c3ccccc3)c3ccccc3)cn2)CCN1c1ccccc1. The van der Waals surface area contributed by atoms with E-state index >= 15 is 0 Å².